The molecule has 1 aromatic heterocycles. The Morgan fingerprint density at radius 1 is 1.12 bits per heavy atom. The molecule has 0 saturated heterocycles. The van der Waals surface area contributed by atoms with Gasteiger partial charge in [-0.25, -0.2) is 0 Å². The van der Waals surface area contributed by atoms with Gasteiger partial charge in [-0.1, -0.05) is 19.1 Å². The van der Waals surface area contributed by atoms with E-state index in [1.807, 2.05) is 24.3 Å². The number of aliphatic hydroxyl groups excluding tert-OH is 1. The average Bonchev–Trinajstić information content (AvgIpc) is 2.78. The number of rotatable bonds is 4. The van der Waals surface area contributed by atoms with Gasteiger partial charge in [0, 0.05) is 6.07 Å². The van der Waals surface area contributed by atoms with Gasteiger partial charge in [-0.3, -0.25) is 0 Å². The maximum atomic E-state index is 8.84. The first-order valence-corrected chi connectivity index (χ1v) is 5.28. The van der Waals surface area contributed by atoms with E-state index in [1.54, 1.807) is 12.1 Å². The maximum absolute atomic E-state index is 8.84. The predicted octanol–water partition coefficient (Wildman–Crippen LogP) is 3.13. The Morgan fingerprint density at radius 2 is 1.88 bits per heavy atom. The number of hydrogen-bond acceptors (Lipinski definition) is 3. The normalized spacial score (nSPS) is 10.4. The highest BCUT2D eigenvalue weighted by Crippen LogP contribution is 2.24. The highest BCUT2D eigenvalue weighted by atomic mass is 16.6. The minimum atomic E-state index is -0.113. The first-order chi connectivity index (χ1) is 7.81. The lowest BCUT2D eigenvalue weighted by molar-refractivity contribution is 0.231. The maximum Gasteiger partial charge on any atom is 0.290 e. The topological polar surface area (TPSA) is 42.6 Å². The third-order valence-electron chi connectivity index (χ3n) is 2.34. The van der Waals surface area contributed by atoms with Crippen molar-refractivity contribution in [3.05, 3.63) is 47.7 Å². The quantitative estimate of drug-likeness (QED) is 0.857. The van der Waals surface area contributed by atoms with Crippen molar-refractivity contribution < 1.29 is 14.3 Å². The highest BCUT2D eigenvalue weighted by molar-refractivity contribution is 5.30. The monoisotopic (exact) mass is 218 g/mol. The molecule has 3 nitrogen and oxygen atoms in total. The van der Waals surface area contributed by atoms with Crippen LogP contribution in [0.3, 0.4) is 0 Å². The number of hydrogen-bond donors (Lipinski definition) is 1. The van der Waals surface area contributed by atoms with Gasteiger partial charge in [0.2, 0.25) is 0 Å². The zero-order valence-electron chi connectivity index (χ0n) is 9.14. The summed E-state index contributed by atoms with van der Waals surface area (Å²) in [7, 11) is 0. The summed E-state index contributed by atoms with van der Waals surface area (Å²) < 4.78 is 10.7. The van der Waals surface area contributed by atoms with E-state index in [1.165, 1.54) is 5.56 Å². The van der Waals surface area contributed by atoms with Crippen molar-refractivity contribution in [3.63, 3.8) is 0 Å². The number of aliphatic hydroxyl groups is 1. The Hall–Kier alpha value is -1.74. The van der Waals surface area contributed by atoms with Crippen molar-refractivity contribution in [3.8, 4) is 11.7 Å². The van der Waals surface area contributed by atoms with Crippen LogP contribution in [0.5, 0.6) is 11.7 Å². The minimum absolute atomic E-state index is 0.113. The molecule has 1 N–H and O–H groups in total. The molecule has 2 rings (SSSR count). The van der Waals surface area contributed by atoms with Crippen molar-refractivity contribution in [2.75, 3.05) is 0 Å². The second-order valence-corrected chi connectivity index (χ2v) is 3.48. The van der Waals surface area contributed by atoms with Crippen molar-refractivity contribution in [2.45, 2.75) is 20.0 Å². The second-order valence-electron chi connectivity index (χ2n) is 3.48. The zero-order valence-corrected chi connectivity index (χ0v) is 9.14. The second kappa shape index (κ2) is 4.86. The molecule has 0 aliphatic carbocycles. The standard InChI is InChI=1S/C13H14O3/c1-2-10-3-5-11(6-4-10)15-13-8-7-12(9-14)16-13/h3-8,14H,2,9H2,1H3. The summed E-state index contributed by atoms with van der Waals surface area (Å²) in [5, 5.41) is 8.84. The molecular weight excluding hydrogens is 204 g/mol. The van der Waals surface area contributed by atoms with E-state index in [-0.39, 0.29) is 6.61 Å². The molecule has 0 aliphatic heterocycles. The summed E-state index contributed by atoms with van der Waals surface area (Å²) in [6.07, 6.45) is 1.01. The number of aryl methyl sites for hydroxylation is 1. The number of furan rings is 1. The van der Waals surface area contributed by atoms with Crippen molar-refractivity contribution in [1.82, 2.24) is 0 Å². The summed E-state index contributed by atoms with van der Waals surface area (Å²) in [5.41, 5.74) is 1.27. The molecule has 3 heteroatoms. The minimum Gasteiger partial charge on any atom is -0.428 e. The molecule has 0 unspecified atom stereocenters. The summed E-state index contributed by atoms with van der Waals surface area (Å²) in [4.78, 5) is 0. The van der Waals surface area contributed by atoms with Gasteiger partial charge < -0.3 is 14.3 Å². The summed E-state index contributed by atoms with van der Waals surface area (Å²) in [5.74, 6) is 1.63. The van der Waals surface area contributed by atoms with Gasteiger partial charge in [0.25, 0.3) is 5.95 Å². The lowest BCUT2D eigenvalue weighted by Crippen LogP contribution is -1.83. The Labute approximate surface area is 94.3 Å². The zero-order chi connectivity index (χ0) is 11.4. The van der Waals surface area contributed by atoms with Crippen molar-refractivity contribution >= 4 is 0 Å². The Morgan fingerprint density at radius 3 is 2.44 bits per heavy atom. The molecule has 84 valence electrons. The summed E-state index contributed by atoms with van der Waals surface area (Å²) in [6, 6.07) is 11.2. The van der Waals surface area contributed by atoms with Crippen LogP contribution in [0.2, 0.25) is 0 Å². The highest BCUT2D eigenvalue weighted by Gasteiger charge is 2.03. The van der Waals surface area contributed by atoms with Crippen molar-refractivity contribution in [2.24, 2.45) is 0 Å². The smallest absolute Gasteiger partial charge is 0.290 e. The van der Waals surface area contributed by atoms with Gasteiger partial charge in [-0.05, 0) is 30.2 Å². The van der Waals surface area contributed by atoms with E-state index in [2.05, 4.69) is 6.92 Å². The fourth-order valence-electron chi connectivity index (χ4n) is 1.41. The van der Waals surface area contributed by atoms with Crippen LogP contribution in [0, 0.1) is 0 Å². The molecule has 0 atom stereocenters. The molecule has 1 aromatic carbocycles. The van der Waals surface area contributed by atoms with Crippen LogP contribution in [-0.2, 0) is 13.0 Å². The van der Waals surface area contributed by atoms with Gasteiger partial charge in [-0.2, -0.15) is 0 Å². The molecule has 2 aromatic rings. The lowest BCUT2D eigenvalue weighted by Gasteiger charge is -2.02. The van der Waals surface area contributed by atoms with E-state index < -0.39 is 0 Å². The molecule has 0 radical (unpaired) electrons. The molecule has 0 aliphatic rings. The SMILES string of the molecule is CCc1ccc(Oc2ccc(CO)o2)cc1. The fourth-order valence-corrected chi connectivity index (χ4v) is 1.41. The molecular formula is C13H14O3. The van der Waals surface area contributed by atoms with Crippen LogP contribution < -0.4 is 4.74 Å². The molecule has 0 fully saturated rings. The van der Waals surface area contributed by atoms with Gasteiger partial charge >= 0.3 is 0 Å². The van der Waals surface area contributed by atoms with E-state index >= 15 is 0 Å². The van der Waals surface area contributed by atoms with Gasteiger partial charge in [0.15, 0.2) is 0 Å². The molecule has 1 heterocycles. The Kier molecular flexibility index (Phi) is 3.27. The largest absolute Gasteiger partial charge is 0.428 e. The number of benzene rings is 1. The van der Waals surface area contributed by atoms with Gasteiger partial charge in [0.05, 0.1) is 0 Å². The summed E-state index contributed by atoms with van der Waals surface area (Å²) in [6.45, 7) is 1.99. The van der Waals surface area contributed by atoms with E-state index in [9.17, 15) is 0 Å². The molecule has 0 saturated carbocycles. The van der Waals surface area contributed by atoms with Crippen LogP contribution in [0.15, 0.2) is 40.8 Å². The van der Waals surface area contributed by atoms with Crippen LogP contribution in [0.25, 0.3) is 0 Å². The molecule has 0 bridgehead atoms. The van der Waals surface area contributed by atoms with Gasteiger partial charge in [0.1, 0.15) is 18.1 Å². The summed E-state index contributed by atoms with van der Waals surface area (Å²) >= 11 is 0. The van der Waals surface area contributed by atoms with E-state index in [0.29, 0.717) is 11.7 Å². The van der Waals surface area contributed by atoms with E-state index in [4.69, 9.17) is 14.3 Å². The third-order valence-corrected chi connectivity index (χ3v) is 2.34. The van der Waals surface area contributed by atoms with Crippen molar-refractivity contribution in [1.29, 1.82) is 0 Å². The Balaban J connectivity index is 2.08. The van der Waals surface area contributed by atoms with Crippen LogP contribution in [-0.4, -0.2) is 5.11 Å². The first kappa shape index (κ1) is 10.8. The van der Waals surface area contributed by atoms with Crippen LogP contribution in [0.4, 0.5) is 0 Å². The van der Waals surface area contributed by atoms with E-state index in [0.717, 1.165) is 12.2 Å². The molecule has 16 heavy (non-hydrogen) atoms. The Bertz CT molecular complexity index is 442. The molecule has 0 spiro atoms. The lowest BCUT2D eigenvalue weighted by atomic mass is 10.2. The fraction of sp³-hybridized carbons (Fsp3) is 0.231. The number of ether oxygens (including phenoxy) is 1. The molecule has 0 amide bonds. The predicted molar refractivity (Wildman–Crippen MR) is 60.5 cm³/mol. The third kappa shape index (κ3) is 2.44. The van der Waals surface area contributed by atoms with Gasteiger partial charge in [-0.15, -0.1) is 0 Å². The first-order valence-electron chi connectivity index (χ1n) is 5.28. The average molecular weight is 218 g/mol. The van der Waals surface area contributed by atoms with Crippen LogP contribution in [0.1, 0.15) is 18.2 Å². The van der Waals surface area contributed by atoms with Crippen LogP contribution >= 0.6 is 0 Å².